The van der Waals surface area contributed by atoms with Crippen molar-refractivity contribution >= 4 is 23.2 Å². The Morgan fingerprint density at radius 3 is 2.60 bits per heavy atom. The smallest absolute Gasteiger partial charge is 0.143 e. The zero-order valence-corrected chi connectivity index (χ0v) is 9.72. The maximum absolute atomic E-state index is 9.72. The molecular weight excluding hydrogens is 239 g/mol. The number of methoxy groups -OCH3 is 1. The lowest BCUT2D eigenvalue weighted by molar-refractivity contribution is 0.131. The SMILES string of the molecule is COc1c(Cl)cc(Cl)cc1C(O)CCO. The van der Waals surface area contributed by atoms with Crippen molar-refractivity contribution in [1.29, 1.82) is 0 Å². The fourth-order valence-electron chi connectivity index (χ4n) is 1.32. The lowest BCUT2D eigenvalue weighted by atomic mass is 10.1. The molecule has 0 spiro atoms. The van der Waals surface area contributed by atoms with Gasteiger partial charge >= 0.3 is 0 Å². The summed E-state index contributed by atoms with van der Waals surface area (Å²) in [5, 5.41) is 19.2. The van der Waals surface area contributed by atoms with Gasteiger partial charge in [-0.15, -0.1) is 0 Å². The number of halogens is 2. The van der Waals surface area contributed by atoms with E-state index in [9.17, 15) is 5.11 Å². The second-order valence-electron chi connectivity index (χ2n) is 3.04. The first-order valence-electron chi connectivity index (χ1n) is 4.42. The normalized spacial score (nSPS) is 12.6. The molecule has 0 aliphatic carbocycles. The first kappa shape index (κ1) is 12.6. The third kappa shape index (κ3) is 2.98. The van der Waals surface area contributed by atoms with E-state index in [1.54, 1.807) is 6.07 Å². The summed E-state index contributed by atoms with van der Waals surface area (Å²) in [5.74, 6) is 0.391. The fraction of sp³-hybridized carbons (Fsp3) is 0.400. The standard InChI is InChI=1S/C10H12Cl2O3/c1-15-10-7(9(14)2-3-13)4-6(11)5-8(10)12/h4-5,9,13-14H,2-3H2,1H3. The van der Waals surface area contributed by atoms with E-state index in [-0.39, 0.29) is 13.0 Å². The highest BCUT2D eigenvalue weighted by Crippen LogP contribution is 2.36. The van der Waals surface area contributed by atoms with E-state index in [1.165, 1.54) is 13.2 Å². The Labute approximate surface area is 98.2 Å². The molecule has 0 heterocycles. The van der Waals surface area contributed by atoms with E-state index >= 15 is 0 Å². The van der Waals surface area contributed by atoms with Crippen LogP contribution in [0.2, 0.25) is 10.0 Å². The van der Waals surface area contributed by atoms with Gasteiger partial charge in [-0.2, -0.15) is 0 Å². The minimum absolute atomic E-state index is 0.117. The van der Waals surface area contributed by atoms with E-state index in [0.717, 1.165) is 0 Å². The number of ether oxygens (including phenoxy) is 1. The highest BCUT2D eigenvalue weighted by atomic mass is 35.5. The van der Waals surface area contributed by atoms with E-state index in [2.05, 4.69) is 0 Å². The fourth-order valence-corrected chi connectivity index (χ4v) is 1.91. The molecular formula is C10H12Cl2O3. The van der Waals surface area contributed by atoms with Gasteiger partial charge in [0.15, 0.2) is 0 Å². The van der Waals surface area contributed by atoms with Crippen LogP contribution < -0.4 is 4.74 Å². The molecule has 1 rings (SSSR count). The Morgan fingerprint density at radius 2 is 2.07 bits per heavy atom. The lowest BCUT2D eigenvalue weighted by Gasteiger charge is -2.15. The summed E-state index contributed by atoms with van der Waals surface area (Å²) in [4.78, 5) is 0. The number of hydrogen-bond acceptors (Lipinski definition) is 3. The molecule has 0 aliphatic heterocycles. The van der Waals surface area contributed by atoms with Gasteiger partial charge in [-0.25, -0.2) is 0 Å². The molecule has 1 aromatic rings. The Hall–Kier alpha value is -0.480. The summed E-state index contributed by atoms with van der Waals surface area (Å²) >= 11 is 11.7. The van der Waals surface area contributed by atoms with Crippen LogP contribution in [0.5, 0.6) is 5.75 Å². The van der Waals surface area contributed by atoms with Gasteiger partial charge < -0.3 is 14.9 Å². The molecule has 3 nitrogen and oxygen atoms in total. The summed E-state index contributed by atoms with van der Waals surface area (Å²) < 4.78 is 5.07. The summed E-state index contributed by atoms with van der Waals surface area (Å²) in [6.07, 6.45) is -0.617. The topological polar surface area (TPSA) is 49.7 Å². The molecule has 84 valence electrons. The molecule has 0 fully saturated rings. The van der Waals surface area contributed by atoms with Crippen LogP contribution in [0.15, 0.2) is 12.1 Å². The minimum Gasteiger partial charge on any atom is -0.495 e. The highest BCUT2D eigenvalue weighted by Gasteiger charge is 2.16. The number of benzene rings is 1. The summed E-state index contributed by atoms with van der Waals surface area (Å²) in [5.41, 5.74) is 0.490. The van der Waals surface area contributed by atoms with Gasteiger partial charge in [0, 0.05) is 23.6 Å². The van der Waals surface area contributed by atoms with Crippen LogP contribution in [0, 0.1) is 0 Å². The quantitative estimate of drug-likeness (QED) is 0.863. The molecule has 1 unspecified atom stereocenters. The molecule has 0 saturated heterocycles. The van der Waals surface area contributed by atoms with Crippen LogP contribution in [-0.4, -0.2) is 23.9 Å². The molecule has 0 saturated carbocycles. The molecule has 0 amide bonds. The zero-order valence-electron chi connectivity index (χ0n) is 8.20. The molecule has 0 bridgehead atoms. The predicted octanol–water partition coefficient (Wildman–Crippen LogP) is 2.42. The first-order valence-corrected chi connectivity index (χ1v) is 5.17. The second kappa shape index (κ2) is 5.56. The molecule has 15 heavy (non-hydrogen) atoms. The van der Waals surface area contributed by atoms with Crippen molar-refractivity contribution in [2.45, 2.75) is 12.5 Å². The molecule has 1 atom stereocenters. The highest BCUT2D eigenvalue weighted by molar-refractivity contribution is 6.35. The predicted molar refractivity (Wildman–Crippen MR) is 59.7 cm³/mol. The summed E-state index contributed by atoms with van der Waals surface area (Å²) in [7, 11) is 1.46. The molecule has 5 heteroatoms. The summed E-state index contributed by atoms with van der Waals surface area (Å²) in [6.45, 7) is -0.117. The van der Waals surface area contributed by atoms with Crippen LogP contribution in [0.25, 0.3) is 0 Å². The van der Waals surface area contributed by atoms with Crippen molar-refractivity contribution in [3.8, 4) is 5.75 Å². The van der Waals surface area contributed by atoms with Crippen LogP contribution in [0.1, 0.15) is 18.1 Å². The number of aliphatic hydroxyl groups excluding tert-OH is 2. The van der Waals surface area contributed by atoms with E-state index in [1.807, 2.05) is 0 Å². The van der Waals surface area contributed by atoms with Gasteiger partial charge in [-0.1, -0.05) is 23.2 Å². The van der Waals surface area contributed by atoms with Gasteiger partial charge in [0.1, 0.15) is 5.75 Å². The van der Waals surface area contributed by atoms with E-state index in [0.29, 0.717) is 21.4 Å². The molecule has 0 radical (unpaired) electrons. The van der Waals surface area contributed by atoms with Crippen molar-refractivity contribution in [3.63, 3.8) is 0 Å². The summed E-state index contributed by atoms with van der Waals surface area (Å²) in [6, 6.07) is 3.11. The Kier molecular flexibility index (Phi) is 4.67. The van der Waals surface area contributed by atoms with Crippen LogP contribution >= 0.6 is 23.2 Å². The maximum Gasteiger partial charge on any atom is 0.143 e. The largest absolute Gasteiger partial charge is 0.495 e. The molecule has 0 aromatic heterocycles. The van der Waals surface area contributed by atoms with Crippen molar-refractivity contribution in [3.05, 3.63) is 27.7 Å². The molecule has 1 aromatic carbocycles. The number of hydrogen-bond donors (Lipinski definition) is 2. The van der Waals surface area contributed by atoms with Crippen LogP contribution in [0.4, 0.5) is 0 Å². The van der Waals surface area contributed by atoms with Crippen molar-refractivity contribution in [1.82, 2.24) is 0 Å². The molecule has 0 aliphatic rings. The lowest BCUT2D eigenvalue weighted by Crippen LogP contribution is -2.03. The third-order valence-corrected chi connectivity index (χ3v) is 2.50. The Balaban J connectivity index is 3.13. The Morgan fingerprint density at radius 1 is 1.40 bits per heavy atom. The van der Waals surface area contributed by atoms with Gasteiger partial charge in [0.05, 0.1) is 18.2 Å². The van der Waals surface area contributed by atoms with E-state index in [4.69, 9.17) is 33.0 Å². The van der Waals surface area contributed by atoms with Gasteiger partial charge in [-0.3, -0.25) is 0 Å². The first-order chi connectivity index (χ1) is 7.10. The monoisotopic (exact) mass is 250 g/mol. The van der Waals surface area contributed by atoms with Crippen molar-refractivity contribution in [2.75, 3.05) is 13.7 Å². The van der Waals surface area contributed by atoms with Gasteiger partial charge in [-0.05, 0) is 12.1 Å². The van der Waals surface area contributed by atoms with E-state index < -0.39 is 6.10 Å². The van der Waals surface area contributed by atoms with Crippen molar-refractivity contribution in [2.24, 2.45) is 0 Å². The number of aliphatic hydroxyl groups is 2. The minimum atomic E-state index is -0.832. The average Bonchev–Trinajstić information content (AvgIpc) is 2.17. The Bertz CT molecular complexity index is 342. The second-order valence-corrected chi connectivity index (χ2v) is 3.88. The number of rotatable bonds is 4. The zero-order chi connectivity index (χ0) is 11.4. The maximum atomic E-state index is 9.72. The third-order valence-electron chi connectivity index (χ3n) is 2.00. The van der Waals surface area contributed by atoms with Gasteiger partial charge in [0.2, 0.25) is 0 Å². The van der Waals surface area contributed by atoms with Crippen LogP contribution in [0.3, 0.4) is 0 Å². The average molecular weight is 251 g/mol. The molecule has 2 N–H and O–H groups in total. The van der Waals surface area contributed by atoms with Crippen molar-refractivity contribution < 1.29 is 14.9 Å². The van der Waals surface area contributed by atoms with Gasteiger partial charge in [0.25, 0.3) is 0 Å². The van der Waals surface area contributed by atoms with Crippen LogP contribution in [-0.2, 0) is 0 Å².